The fourth-order valence-electron chi connectivity index (χ4n) is 3.23. The predicted octanol–water partition coefficient (Wildman–Crippen LogP) is 2.77. The van der Waals surface area contributed by atoms with Crippen LogP contribution < -0.4 is 4.90 Å². The van der Waals surface area contributed by atoms with Gasteiger partial charge in [-0.3, -0.25) is 14.6 Å². The van der Waals surface area contributed by atoms with E-state index in [1.165, 1.54) is 11.1 Å². The van der Waals surface area contributed by atoms with Crippen LogP contribution in [0.15, 0.2) is 52.8 Å². The van der Waals surface area contributed by atoms with E-state index < -0.39 is 35.5 Å². The molecule has 0 radical (unpaired) electrons. The molecule has 0 bridgehead atoms. The van der Waals surface area contributed by atoms with Crippen molar-refractivity contribution >= 4 is 17.5 Å². The van der Waals surface area contributed by atoms with Crippen LogP contribution in [0.1, 0.15) is 11.1 Å². The van der Waals surface area contributed by atoms with Gasteiger partial charge in [-0.25, -0.2) is 13.7 Å². The molecule has 0 spiro atoms. The average molecular weight is 356 g/mol. The summed E-state index contributed by atoms with van der Waals surface area (Å²) in [6.07, 6.45) is 0. The van der Waals surface area contributed by atoms with E-state index in [-0.39, 0.29) is 5.69 Å². The Morgan fingerprint density at radius 2 is 1.85 bits per heavy atom. The molecule has 8 heteroatoms. The molecule has 132 valence electrons. The topological polar surface area (TPSA) is 65.3 Å². The Kier molecular flexibility index (Phi) is 3.75. The molecule has 2 aliphatic rings. The zero-order valence-electron chi connectivity index (χ0n) is 13.8. The summed E-state index contributed by atoms with van der Waals surface area (Å²) in [6.45, 7) is 2.27. The summed E-state index contributed by atoms with van der Waals surface area (Å²) in [6, 6.07) is 8.74. The van der Waals surface area contributed by atoms with Gasteiger partial charge in [0.25, 0.3) is 11.8 Å². The molecule has 2 amide bonds. The third-order valence-corrected chi connectivity index (χ3v) is 4.45. The molecule has 0 N–H and O–H groups in total. The van der Waals surface area contributed by atoms with Gasteiger partial charge in [-0.15, -0.1) is 0 Å². The summed E-state index contributed by atoms with van der Waals surface area (Å²) in [5.41, 5.74) is 1.97. The van der Waals surface area contributed by atoms with Gasteiger partial charge < -0.3 is 0 Å². The van der Waals surface area contributed by atoms with Gasteiger partial charge in [-0.2, -0.15) is 5.11 Å². The largest absolute Gasteiger partial charge is 0.271 e. The van der Waals surface area contributed by atoms with E-state index in [1.807, 2.05) is 31.2 Å². The summed E-state index contributed by atoms with van der Waals surface area (Å²) < 4.78 is 26.6. The van der Waals surface area contributed by atoms with Crippen LogP contribution in [0.3, 0.4) is 0 Å². The van der Waals surface area contributed by atoms with E-state index in [4.69, 9.17) is 0 Å². The fraction of sp³-hybridized carbons (Fsp3) is 0.222. The number of aryl methyl sites for hydroxylation is 1. The van der Waals surface area contributed by atoms with Crippen molar-refractivity contribution < 1.29 is 18.4 Å². The molecular weight excluding hydrogens is 342 g/mol. The quantitative estimate of drug-likeness (QED) is 0.795. The Labute approximate surface area is 147 Å². The minimum Gasteiger partial charge on any atom is -0.271 e. The molecule has 2 aromatic carbocycles. The molecule has 2 heterocycles. The van der Waals surface area contributed by atoms with Gasteiger partial charge in [-0.05, 0) is 24.6 Å². The number of hydrogen-bond donors (Lipinski definition) is 0. The first-order chi connectivity index (χ1) is 12.5. The molecular formula is C18H14F2N4O2. The lowest BCUT2D eigenvalue weighted by molar-refractivity contribution is -0.123. The maximum absolute atomic E-state index is 13.5. The lowest BCUT2D eigenvalue weighted by atomic mass is 10.1. The Morgan fingerprint density at radius 3 is 2.58 bits per heavy atom. The molecule has 6 nitrogen and oxygen atoms in total. The van der Waals surface area contributed by atoms with Gasteiger partial charge in [0.1, 0.15) is 0 Å². The lowest BCUT2D eigenvalue weighted by Gasteiger charge is -2.20. The molecule has 0 saturated carbocycles. The Hall–Kier alpha value is -3.16. The minimum absolute atomic E-state index is 0.0148. The first-order valence-corrected chi connectivity index (χ1v) is 8.01. The molecule has 1 saturated heterocycles. The highest BCUT2D eigenvalue weighted by Crippen LogP contribution is 2.33. The van der Waals surface area contributed by atoms with Crippen LogP contribution in [0, 0.1) is 18.6 Å². The summed E-state index contributed by atoms with van der Waals surface area (Å²) in [7, 11) is 0. The molecule has 26 heavy (non-hydrogen) atoms. The monoisotopic (exact) mass is 356 g/mol. The minimum atomic E-state index is -1.13. The smallest absolute Gasteiger partial charge is 0.263 e. The van der Waals surface area contributed by atoms with Crippen LogP contribution in [-0.2, 0) is 16.1 Å². The second kappa shape index (κ2) is 5.98. The third kappa shape index (κ3) is 2.54. The molecule has 0 unspecified atom stereocenters. The summed E-state index contributed by atoms with van der Waals surface area (Å²) in [5.74, 6) is -3.32. The van der Waals surface area contributed by atoms with Gasteiger partial charge in [0.05, 0.1) is 12.2 Å². The number of imide groups is 1. The third-order valence-electron chi connectivity index (χ3n) is 4.45. The fourth-order valence-corrected chi connectivity index (χ4v) is 3.23. The first kappa shape index (κ1) is 16.3. The van der Waals surface area contributed by atoms with Crippen molar-refractivity contribution in [2.24, 2.45) is 10.3 Å². The van der Waals surface area contributed by atoms with Crippen LogP contribution in [-0.4, -0.2) is 28.9 Å². The van der Waals surface area contributed by atoms with Crippen molar-refractivity contribution in [3.05, 3.63) is 65.2 Å². The number of anilines is 1. The second-order valence-corrected chi connectivity index (χ2v) is 6.29. The van der Waals surface area contributed by atoms with E-state index in [1.54, 1.807) is 0 Å². The van der Waals surface area contributed by atoms with Crippen molar-refractivity contribution in [2.45, 2.75) is 25.6 Å². The zero-order valence-corrected chi connectivity index (χ0v) is 13.8. The number of nitrogens with zero attached hydrogens (tertiary/aromatic N) is 4. The van der Waals surface area contributed by atoms with Gasteiger partial charge in [-0.1, -0.05) is 35.1 Å². The van der Waals surface area contributed by atoms with Crippen molar-refractivity contribution in [3.8, 4) is 0 Å². The molecule has 0 aliphatic carbocycles. The molecule has 2 aromatic rings. The van der Waals surface area contributed by atoms with Gasteiger partial charge in [0, 0.05) is 6.07 Å². The molecule has 1 fully saturated rings. The Bertz CT molecular complexity index is 947. The van der Waals surface area contributed by atoms with Crippen molar-refractivity contribution in [1.82, 2.24) is 5.01 Å². The highest BCUT2D eigenvalue weighted by atomic mass is 19.2. The van der Waals surface area contributed by atoms with Crippen LogP contribution >= 0.6 is 0 Å². The van der Waals surface area contributed by atoms with E-state index in [2.05, 4.69) is 10.3 Å². The highest BCUT2D eigenvalue weighted by Gasteiger charge is 2.54. The van der Waals surface area contributed by atoms with E-state index in [0.717, 1.165) is 28.2 Å². The predicted molar refractivity (Wildman–Crippen MR) is 88.0 cm³/mol. The van der Waals surface area contributed by atoms with Crippen LogP contribution in [0.2, 0.25) is 0 Å². The van der Waals surface area contributed by atoms with Crippen molar-refractivity contribution in [3.63, 3.8) is 0 Å². The molecule has 0 aromatic heterocycles. The van der Waals surface area contributed by atoms with E-state index in [0.29, 0.717) is 6.54 Å². The van der Waals surface area contributed by atoms with Crippen molar-refractivity contribution in [1.29, 1.82) is 0 Å². The van der Waals surface area contributed by atoms with Gasteiger partial charge >= 0.3 is 0 Å². The van der Waals surface area contributed by atoms with Crippen LogP contribution in [0.5, 0.6) is 0 Å². The van der Waals surface area contributed by atoms with E-state index in [9.17, 15) is 18.4 Å². The normalized spacial score (nSPS) is 21.7. The highest BCUT2D eigenvalue weighted by molar-refractivity contribution is 6.25. The molecule has 2 atom stereocenters. The number of halogens is 2. The molecule has 2 aliphatic heterocycles. The van der Waals surface area contributed by atoms with E-state index >= 15 is 0 Å². The van der Waals surface area contributed by atoms with Crippen LogP contribution in [0.4, 0.5) is 14.5 Å². The Balaban J connectivity index is 1.62. The van der Waals surface area contributed by atoms with Gasteiger partial charge in [0.15, 0.2) is 23.7 Å². The number of rotatable bonds is 3. The van der Waals surface area contributed by atoms with Crippen molar-refractivity contribution in [2.75, 3.05) is 4.90 Å². The number of carbonyl (C=O) groups excluding carboxylic acids is 2. The maximum Gasteiger partial charge on any atom is 0.263 e. The number of benzene rings is 2. The standard InChI is InChI=1S/C18H14F2N4O2/c1-10-3-2-4-11(7-10)9-23-16-15(21-22-23)17(25)24(18(16)26)12-5-6-13(19)14(20)8-12/h2-8,15-16H,9H2,1H3/t15-,16-/m0/s1. The maximum atomic E-state index is 13.5. The number of fused-ring (bicyclic) bond motifs is 1. The summed E-state index contributed by atoms with van der Waals surface area (Å²) in [5, 5.41) is 9.34. The van der Waals surface area contributed by atoms with Gasteiger partial charge in [0.2, 0.25) is 0 Å². The molecule has 4 rings (SSSR count). The summed E-state index contributed by atoms with van der Waals surface area (Å²) >= 11 is 0. The number of carbonyl (C=O) groups is 2. The second-order valence-electron chi connectivity index (χ2n) is 6.29. The lowest BCUT2D eigenvalue weighted by Crippen LogP contribution is -2.39. The first-order valence-electron chi connectivity index (χ1n) is 8.01. The number of amides is 2. The average Bonchev–Trinajstić information content (AvgIpc) is 3.11. The SMILES string of the molecule is Cc1cccc(CN2N=N[C@@H]3C(=O)N(c4ccc(F)c(F)c4)C(=O)[C@H]32)c1. The van der Waals surface area contributed by atoms with Crippen LogP contribution in [0.25, 0.3) is 0 Å². The Morgan fingerprint density at radius 1 is 1.04 bits per heavy atom. The number of hydrogen-bond acceptors (Lipinski definition) is 5. The summed E-state index contributed by atoms with van der Waals surface area (Å²) in [4.78, 5) is 26.2. The zero-order chi connectivity index (χ0) is 18.4.